The number of urea groups is 1. The van der Waals surface area contributed by atoms with Gasteiger partial charge in [-0.25, -0.2) is 19.7 Å². The van der Waals surface area contributed by atoms with Crippen molar-refractivity contribution in [2.45, 2.75) is 19.8 Å². The fourth-order valence-corrected chi connectivity index (χ4v) is 3.83. The number of nitrogens with zero attached hydrogens (tertiary/aromatic N) is 6. The highest BCUT2D eigenvalue weighted by atomic mass is 16.5. The second kappa shape index (κ2) is 9.10. The number of ether oxygens (including phenoxy) is 1. The number of carbonyl (C=O) groups excluding carboxylic acids is 1. The lowest BCUT2D eigenvalue weighted by molar-refractivity contribution is 0.251. The van der Waals surface area contributed by atoms with Crippen molar-refractivity contribution in [1.29, 1.82) is 0 Å². The Kier molecular flexibility index (Phi) is 5.49. The summed E-state index contributed by atoms with van der Waals surface area (Å²) in [6.07, 6.45) is 7.07. The van der Waals surface area contributed by atoms with Gasteiger partial charge in [0, 0.05) is 29.4 Å². The van der Waals surface area contributed by atoms with Crippen LogP contribution in [0.4, 0.5) is 22.0 Å². The molecule has 0 aliphatic heterocycles. The lowest BCUT2D eigenvalue weighted by Crippen LogP contribution is -2.30. The molecule has 11 heteroatoms. The molecular formula is C25H23N9O2. The van der Waals surface area contributed by atoms with Gasteiger partial charge in [0.15, 0.2) is 5.65 Å². The van der Waals surface area contributed by atoms with Crippen molar-refractivity contribution in [1.82, 2.24) is 34.9 Å². The topological polar surface area (TPSA) is 131 Å². The van der Waals surface area contributed by atoms with Crippen LogP contribution in [-0.2, 0) is 0 Å². The zero-order valence-electron chi connectivity index (χ0n) is 19.5. The maximum absolute atomic E-state index is 12.2. The molecule has 3 aromatic heterocycles. The van der Waals surface area contributed by atoms with Gasteiger partial charge < -0.3 is 20.7 Å². The number of anilines is 3. The summed E-state index contributed by atoms with van der Waals surface area (Å²) in [5.41, 5.74) is 3.84. The van der Waals surface area contributed by atoms with E-state index in [9.17, 15) is 4.79 Å². The summed E-state index contributed by atoms with van der Waals surface area (Å²) in [7, 11) is 0. The number of amides is 2. The Hall–Kier alpha value is -4.80. The largest absolute Gasteiger partial charge is 0.439 e. The second-order valence-electron chi connectivity index (χ2n) is 8.76. The first-order valence-corrected chi connectivity index (χ1v) is 11.6. The Bertz CT molecular complexity index is 1580. The van der Waals surface area contributed by atoms with E-state index in [0.29, 0.717) is 41.2 Å². The molecule has 3 heterocycles. The molecule has 180 valence electrons. The number of hydrogen-bond donors (Lipinski definition) is 3. The lowest BCUT2D eigenvalue weighted by atomic mass is 10.1. The van der Waals surface area contributed by atoms with Crippen molar-refractivity contribution < 1.29 is 9.53 Å². The highest BCUT2D eigenvalue weighted by Gasteiger charge is 2.21. The minimum Gasteiger partial charge on any atom is -0.439 e. The summed E-state index contributed by atoms with van der Waals surface area (Å²) in [5, 5.41) is 17.8. The van der Waals surface area contributed by atoms with Crippen molar-refractivity contribution in [3.05, 3.63) is 67.0 Å². The van der Waals surface area contributed by atoms with Crippen molar-refractivity contribution in [2.24, 2.45) is 5.92 Å². The van der Waals surface area contributed by atoms with E-state index < -0.39 is 0 Å². The SMILES string of the molecule is Cc1cc(Nc2ncnc3ccc(NC(=O)NCC4CC4)cc23)ccc1Oc1cc2nncn2cn1. The molecule has 36 heavy (non-hydrogen) atoms. The highest BCUT2D eigenvalue weighted by Crippen LogP contribution is 2.30. The molecule has 2 aromatic carbocycles. The fraction of sp³-hybridized carbons (Fsp3) is 0.200. The van der Waals surface area contributed by atoms with Gasteiger partial charge in [-0.05, 0) is 67.6 Å². The molecule has 6 rings (SSSR count). The highest BCUT2D eigenvalue weighted by molar-refractivity contribution is 5.96. The maximum Gasteiger partial charge on any atom is 0.319 e. The normalized spacial score (nSPS) is 13.0. The summed E-state index contributed by atoms with van der Waals surface area (Å²) in [6, 6.07) is 12.8. The Morgan fingerprint density at radius 1 is 1.06 bits per heavy atom. The zero-order chi connectivity index (χ0) is 24.5. The van der Waals surface area contributed by atoms with Gasteiger partial charge in [-0.1, -0.05) is 0 Å². The van der Waals surface area contributed by atoms with E-state index in [1.165, 1.54) is 19.2 Å². The molecule has 0 radical (unpaired) electrons. The van der Waals surface area contributed by atoms with Crippen LogP contribution in [0.15, 0.2) is 61.4 Å². The Labute approximate surface area is 206 Å². The van der Waals surface area contributed by atoms with Gasteiger partial charge in [-0.3, -0.25) is 4.40 Å². The Balaban J connectivity index is 1.19. The van der Waals surface area contributed by atoms with Crippen LogP contribution in [0.25, 0.3) is 16.6 Å². The van der Waals surface area contributed by atoms with E-state index in [2.05, 4.69) is 41.1 Å². The van der Waals surface area contributed by atoms with Gasteiger partial charge in [0.2, 0.25) is 5.88 Å². The average molecular weight is 482 g/mol. The maximum atomic E-state index is 12.2. The molecular weight excluding hydrogens is 458 g/mol. The van der Waals surface area contributed by atoms with Crippen molar-refractivity contribution >= 4 is 39.8 Å². The average Bonchev–Trinajstić information content (AvgIpc) is 3.60. The van der Waals surface area contributed by atoms with E-state index >= 15 is 0 Å². The summed E-state index contributed by atoms with van der Waals surface area (Å²) in [6.45, 7) is 2.66. The molecule has 3 N–H and O–H groups in total. The Morgan fingerprint density at radius 3 is 2.81 bits per heavy atom. The molecule has 1 fully saturated rings. The number of aryl methyl sites for hydroxylation is 1. The van der Waals surface area contributed by atoms with Gasteiger partial charge in [-0.15, -0.1) is 10.2 Å². The summed E-state index contributed by atoms with van der Waals surface area (Å²) in [5.74, 6) is 2.36. The van der Waals surface area contributed by atoms with E-state index in [4.69, 9.17) is 4.74 Å². The standard InChI is InChI=1S/C25H23N9O2/c1-15-8-17(5-7-21(15)36-23-10-22-33-30-14-34(22)13-29-23)31-24-19-9-18(4-6-20(19)27-12-28-24)32-25(35)26-11-16-2-3-16/h4-10,12-14,16H,2-3,11H2,1H3,(H2,26,32,35)(H,27,28,31). The second-order valence-corrected chi connectivity index (χ2v) is 8.76. The molecule has 0 saturated heterocycles. The molecule has 11 nitrogen and oxygen atoms in total. The molecule has 0 atom stereocenters. The summed E-state index contributed by atoms with van der Waals surface area (Å²) in [4.78, 5) is 25.3. The number of rotatable bonds is 7. The number of hydrogen-bond acceptors (Lipinski definition) is 8. The number of benzene rings is 2. The lowest BCUT2D eigenvalue weighted by Gasteiger charge is -2.13. The van der Waals surface area contributed by atoms with Crippen LogP contribution < -0.4 is 20.7 Å². The summed E-state index contributed by atoms with van der Waals surface area (Å²) < 4.78 is 7.67. The first kappa shape index (κ1) is 21.7. The van der Waals surface area contributed by atoms with E-state index in [0.717, 1.165) is 22.2 Å². The van der Waals surface area contributed by atoms with Crippen molar-refractivity contribution in [3.8, 4) is 11.6 Å². The molecule has 1 aliphatic carbocycles. The predicted molar refractivity (Wildman–Crippen MR) is 135 cm³/mol. The van der Waals surface area contributed by atoms with Crippen molar-refractivity contribution in [3.63, 3.8) is 0 Å². The van der Waals surface area contributed by atoms with Crippen LogP contribution in [0.1, 0.15) is 18.4 Å². The van der Waals surface area contributed by atoms with Crippen LogP contribution in [0, 0.1) is 12.8 Å². The third-order valence-electron chi connectivity index (χ3n) is 5.96. The molecule has 2 amide bonds. The van der Waals surface area contributed by atoms with Gasteiger partial charge in [0.25, 0.3) is 0 Å². The number of nitrogens with one attached hydrogen (secondary N) is 3. The first-order valence-electron chi connectivity index (χ1n) is 11.6. The number of carbonyl (C=O) groups is 1. The van der Waals surface area contributed by atoms with Crippen molar-refractivity contribution in [2.75, 3.05) is 17.2 Å². The van der Waals surface area contributed by atoms with Gasteiger partial charge in [-0.2, -0.15) is 0 Å². The van der Waals surface area contributed by atoms with Gasteiger partial charge in [0.05, 0.1) is 5.52 Å². The van der Waals surface area contributed by atoms with Gasteiger partial charge in [0.1, 0.15) is 30.5 Å². The zero-order valence-corrected chi connectivity index (χ0v) is 19.5. The van der Waals surface area contributed by atoms with Crippen LogP contribution in [0.3, 0.4) is 0 Å². The molecule has 0 unspecified atom stereocenters. The van der Waals surface area contributed by atoms with Crippen LogP contribution >= 0.6 is 0 Å². The molecule has 0 spiro atoms. The smallest absolute Gasteiger partial charge is 0.319 e. The quantitative estimate of drug-likeness (QED) is 0.311. The van der Waals surface area contributed by atoms with Gasteiger partial charge >= 0.3 is 6.03 Å². The minimum atomic E-state index is -0.212. The Morgan fingerprint density at radius 2 is 1.94 bits per heavy atom. The molecule has 1 saturated carbocycles. The van der Waals surface area contributed by atoms with Crippen LogP contribution in [0.5, 0.6) is 11.6 Å². The van der Waals surface area contributed by atoms with E-state index in [1.54, 1.807) is 23.1 Å². The summed E-state index contributed by atoms with van der Waals surface area (Å²) >= 11 is 0. The molecule has 0 bridgehead atoms. The van der Waals surface area contributed by atoms with E-state index in [1.807, 2.05) is 43.3 Å². The molecule has 5 aromatic rings. The number of aromatic nitrogens is 6. The third kappa shape index (κ3) is 4.71. The number of fused-ring (bicyclic) bond motifs is 2. The predicted octanol–water partition coefficient (Wildman–Crippen LogP) is 4.44. The van der Waals surface area contributed by atoms with Crippen LogP contribution in [-0.4, -0.2) is 42.1 Å². The first-order chi connectivity index (χ1) is 17.6. The fourth-order valence-electron chi connectivity index (χ4n) is 3.83. The van der Waals surface area contributed by atoms with E-state index in [-0.39, 0.29) is 6.03 Å². The monoisotopic (exact) mass is 481 g/mol. The molecule has 1 aliphatic rings. The van der Waals surface area contributed by atoms with Crippen LogP contribution in [0.2, 0.25) is 0 Å². The third-order valence-corrected chi connectivity index (χ3v) is 5.96. The minimum absolute atomic E-state index is 0.212.